The van der Waals surface area contributed by atoms with Gasteiger partial charge in [-0.2, -0.15) is 0 Å². The number of rotatable bonds is 5. The van der Waals surface area contributed by atoms with Gasteiger partial charge in [-0.25, -0.2) is 4.79 Å². The van der Waals surface area contributed by atoms with Crippen LogP contribution in [0.2, 0.25) is 5.02 Å². The number of anilines is 1. The third-order valence-corrected chi connectivity index (χ3v) is 3.43. The highest BCUT2D eigenvalue weighted by molar-refractivity contribution is 6.31. The summed E-state index contributed by atoms with van der Waals surface area (Å²) in [4.78, 5) is 34.6. The lowest BCUT2D eigenvalue weighted by Gasteiger charge is -2.17. The fourth-order valence-corrected chi connectivity index (χ4v) is 1.76. The number of hydrogen-bond acceptors (Lipinski definition) is 4. The van der Waals surface area contributed by atoms with E-state index in [1.807, 2.05) is 0 Å². The smallest absolute Gasteiger partial charge is 0.340 e. The molecule has 1 aromatic rings. The van der Waals surface area contributed by atoms with Crippen molar-refractivity contribution >= 4 is 35.1 Å². The third kappa shape index (κ3) is 4.19. The van der Waals surface area contributed by atoms with Gasteiger partial charge >= 0.3 is 11.9 Å². The van der Waals surface area contributed by atoms with Crippen molar-refractivity contribution in [3.05, 3.63) is 28.8 Å². The molecule has 1 amide bonds. The van der Waals surface area contributed by atoms with Crippen molar-refractivity contribution in [1.82, 2.24) is 0 Å². The molecular weight excluding hydrogens is 298 g/mol. The molecule has 114 valence electrons. The molecule has 0 aromatic heterocycles. The Bertz CT molecular complexity index is 572. The molecule has 2 unspecified atom stereocenters. The van der Waals surface area contributed by atoms with E-state index in [2.05, 4.69) is 10.1 Å². The Labute approximate surface area is 127 Å². The van der Waals surface area contributed by atoms with Gasteiger partial charge in [0.25, 0.3) is 0 Å². The van der Waals surface area contributed by atoms with E-state index in [0.29, 0.717) is 5.02 Å². The van der Waals surface area contributed by atoms with Gasteiger partial charge in [0.1, 0.15) is 0 Å². The number of amides is 1. The van der Waals surface area contributed by atoms with Crippen LogP contribution in [-0.4, -0.2) is 30.1 Å². The summed E-state index contributed by atoms with van der Waals surface area (Å²) < 4.78 is 4.62. The Hall–Kier alpha value is -2.08. The van der Waals surface area contributed by atoms with Crippen LogP contribution >= 0.6 is 11.6 Å². The van der Waals surface area contributed by atoms with Gasteiger partial charge in [0.05, 0.1) is 24.3 Å². The summed E-state index contributed by atoms with van der Waals surface area (Å²) >= 11 is 5.81. The van der Waals surface area contributed by atoms with Gasteiger partial charge in [-0.3, -0.25) is 9.59 Å². The summed E-state index contributed by atoms with van der Waals surface area (Å²) in [6.45, 7) is 2.94. The second kappa shape index (κ2) is 7.08. The number of benzene rings is 1. The van der Waals surface area contributed by atoms with Gasteiger partial charge in [0, 0.05) is 10.9 Å². The van der Waals surface area contributed by atoms with E-state index in [9.17, 15) is 14.4 Å². The summed E-state index contributed by atoms with van der Waals surface area (Å²) in [5.74, 6) is -3.83. The van der Waals surface area contributed by atoms with Crippen molar-refractivity contribution in [3.8, 4) is 0 Å². The second-order valence-electron chi connectivity index (χ2n) is 4.59. The summed E-state index contributed by atoms with van der Waals surface area (Å²) in [7, 11) is 1.21. The van der Waals surface area contributed by atoms with E-state index in [1.54, 1.807) is 0 Å². The van der Waals surface area contributed by atoms with Gasteiger partial charge in [-0.15, -0.1) is 0 Å². The Morgan fingerprint density at radius 2 is 1.86 bits per heavy atom. The minimum absolute atomic E-state index is 0.105. The zero-order chi connectivity index (χ0) is 16.2. The molecule has 0 aliphatic rings. The zero-order valence-corrected chi connectivity index (χ0v) is 12.6. The van der Waals surface area contributed by atoms with Crippen LogP contribution in [0.4, 0.5) is 5.69 Å². The van der Waals surface area contributed by atoms with Crippen LogP contribution in [0.3, 0.4) is 0 Å². The lowest BCUT2D eigenvalue weighted by atomic mass is 9.95. The molecule has 0 aliphatic heterocycles. The maximum Gasteiger partial charge on any atom is 0.340 e. The number of carbonyl (C=O) groups is 3. The van der Waals surface area contributed by atoms with Gasteiger partial charge in [0.15, 0.2) is 0 Å². The second-order valence-corrected chi connectivity index (χ2v) is 5.02. The lowest BCUT2D eigenvalue weighted by Crippen LogP contribution is -2.30. The van der Waals surface area contributed by atoms with Crippen molar-refractivity contribution in [3.63, 3.8) is 0 Å². The van der Waals surface area contributed by atoms with Crippen molar-refractivity contribution in [2.45, 2.75) is 13.8 Å². The molecule has 21 heavy (non-hydrogen) atoms. The van der Waals surface area contributed by atoms with Gasteiger partial charge in [0.2, 0.25) is 5.91 Å². The molecule has 2 atom stereocenters. The predicted molar refractivity (Wildman–Crippen MR) is 77.4 cm³/mol. The molecule has 7 heteroatoms. The largest absolute Gasteiger partial charge is 0.481 e. The van der Waals surface area contributed by atoms with Crippen LogP contribution in [-0.2, 0) is 14.3 Å². The van der Waals surface area contributed by atoms with Gasteiger partial charge in [-0.05, 0) is 18.2 Å². The average Bonchev–Trinajstić information content (AvgIpc) is 2.46. The van der Waals surface area contributed by atoms with Crippen molar-refractivity contribution in [2.24, 2.45) is 11.8 Å². The normalized spacial score (nSPS) is 13.1. The fourth-order valence-electron chi connectivity index (χ4n) is 1.59. The topological polar surface area (TPSA) is 92.7 Å². The van der Waals surface area contributed by atoms with Crippen LogP contribution in [0, 0.1) is 11.8 Å². The first-order valence-corrected chi connectivity index (χ1v) is 6.57. The molecule has 2 N–H and O–H groups in total. The average molecular weight is 314 g/mol. The number of aliphatic carboxylic acids is 1. The molecule has 6 nitrogen and oxygen atoms in total. The van der Waals surface area contributed by atoms with E-state index in [-0.39, 0.29) is 11.3 Å². The molecule has 0 radical (unpaired) electrons. The first-order valence-electron chi connectivity index (χ1n) is 6.19. The number of methoxy groups -OCH3 is 1. The molecule has 0 fully saturated rings. The van der Waals surface area contributed by atoms with Gasteiger partial charge in [-0.1, -0.05) is 25.4 Å². The van der Waals surface area contributed by atoms with E-state index in [4.69, 9.17) is 16.7 Å². The lowest BCUT2D eigenvalue weighted by molar-refractivity contribution is -0.145. The third-order valence-electron chi connectivity index (χ3n) is 3.20. The van der Waals surface area contributed by atoms with E-state index in [1.165, 1.54) is 39.2 Å². The highest BCUT2D eigenvalue weighted by Crippen LogP contribution is 2.23. The minimum atomic E-state index is -1.07. The number of carboxylic acid groups (broad SMARTS) is 1. The van der Waals surface area contributed by atoms with E-state index in [0.717, 1.165) is 0 Å². The standard InChI is InChI=1S/C14H16ClNO5/c1-7(8(2)13(18)19)12(17)16-11-5-4-9(15)6-10(11)14(20)21-3/h4-8H,1-3H3,(H,16,17)(H,18,19). The summed E-state index contributed by atoms with van der Waals surface area (Å²) in [5.41, 5.74) is 0.328. The molecule has 0 heterocycles. The van der Waals surface area contributed by atoms with Crippen LogP contribution in [0.25, 0.3) is 0 Å². The first kappa shape index (κ1) is 17.0. The molecule has 0 saturated heterocycles. The monoisotopic (exact) mass is 313 g/mol. The van der Waals surface area contributed by atoms with Crippen LogP contribution < -0.4 is 5.32 Å². The number of carboxylic acids is 1. The number of nitrogens with one attached hydrogen (secondary N) is 1. The summed E-state index contributed by atoms with van der Waals surface area (Å²) in [5, 5.41) is 11.8. The van der Waals surface area contributed by atoms with Crippen molar-refractivity contribution in [2.75, 3.05) is 12.4 Å². The molecule has 1 rings (SSSR count). The van der Waals surface area contributed by atoms with Crippen LogP contribution in [0.15, 0.2) is 18.2 Å². The van der Waals surface area contributed by atoms with E-state index >= 15 is 0 Å². The zero-order valence-electron chi connectivity index (χ0n) is 11.8. The first-order chi connectivity index (χ1) is 9.77. The van der Waals surface area contributed by atoms with Crippen molar-refractivity contribution in [1.29, 1.82) is 0 Å². The maximum atomic E-state index is 12.0. The van der Waals surface area contributed by atoms with Gasteiger partial charge < -0.3 is 15.2 Å². The number of esters is 1. The number of halogens is 1. The predicted octanol–water partition coefficient (Wildman–Crippen LogP) is 2.42. The minimum Gasteiger partial charge on any atom is -0.481 e. The Morgan fingerprint density at radius 1 is 1.24 bits per heavy atom. The summed E-state index contributed by atoms with van der Waals surface area (Å²) in [6, 6.07) is 4.34. The highest BCUT2D eigenvalue weighted by Gasteiger charge is 2.26. The summed E-state index contributed by atoms with van der Waals surface area (Å²) in [6.07, 6.45) is 0. The molecule has 0 saturated carbocycles. The van der Waals surface area contributed by atoms with E-state index < -0.39 is 29.7 Å². The SMILES string of the molecule is COC(=O)c1cc(Cl)ccc1NC(=O)C(C)C(C)C(=O)O. The molecule has 1 aromatic carbocycles. The Kier molecular flexibility index (Phi) is 5.72. The molecule has 0 aliphatic carbocycles. The highest BCUT2D eigenvalue weighted by atomic mass is 35.5. The number of ether oxygens (including phenoxy) is 1. The maximum absolute atomic E-state index is 12.0. The Balaban J connectivity index is 3.00. The number of hydrogen-bond donors (Lipinski definition) is 2. The van der Waals surface area contributed by atoms with Crippen LogP contribution in [0.5, 0.6) is 0 Å². The number of carbonyl (C=O) groups excluding carboxylic acids is 2. The van der Waals surface area contributed by atoms with Crippen LogP contribution in [0.1, 0.15) is 24.2 Å². The van der Waals surface area contributed by atoms with Crippen molar-refractivity contribution < 1.29 is 24.2 Å². The molecule has 0 spiro atoms. The quantitative estimate of drug-likeness (QED) is 0.814. The Morgan fingerprint density at radius 3 is 2.38 bits per heavy atom. The molecule has 0 bridgehead atoms. The fraction of sp³-hybridized carbons (Fsp3) is 0.357. The molecular formula is C14H16ClNO5.